The van der Waals surface area contributed by atoms with Crippen molar-refractivity contribution in [3.05, 3.63) is 71.8 Å². The highest BCUT2D eigenvalue weighted by molar-refractivity contribution is 6.05. The lowest BCUT2D eigenvalue weighted by atomic mass is 10.0. The second kappa shape index (κ2) is 5.83. The number of fused-ring (bicyclic) bond motifs is 1. The Labute approximate surface area is 133 Å². The van der Waals surface area contributed by atoms with E-state index in [9.17, 15) is 13.6 Å². The fourth-order valence-corrected chi connectivity index (χ4v) is 2.67. The Hall–Kier alpha value is -2.69. The molecule has 23 heavy (non-hydrogen) atoms. The summed E-state index contributed by atoms with van der Waals surface area (Å²) in [7, 11) is 0. The summed E-state index contributed by atoms with van der Waals surface area (Å²) in [4.78, 5) is 14.3. The first-order valence-corrected chi connectivity index (χ1v) is 7.23. The molecule has 1 atom stereocenters. The topological polar surface area (TPSA) is 32.3 Å². The third-order valence-corrected chi connectivity index (χ3v) is 3.70. The van der Waals surface area contributed by atoms with Crippen molar-refractivity contribution >= 4 is 17.3 Å². The molecule has 0 fully saturated rings. The van der Waals surface area contributed by atoms with E-state index in [1.54, 1.807) is 6.92 Å². The van der Waals surface area contributed by atoms with Gasteiger partial charge in [-0.3, -0.25) is 4.79 Å². The third kappa shape index (κ3) is 2.82. The molecule has 118 valence electrons. The summed E-state index contributed by atoms with van der Waals surface area (Å²) in [5.74, 6) is -2.16. The Kier molecular flexibility index (Phi) is 3.86. The zero-order chi connectivity index (χ0) is 16.6. The van der Waals surface area contributed by atoms with Gasteiger partial charge in [-0.1, -0.05) is 42.5 Å². The molecule has 0 aromatic heterocycles. The molecule has 2 aromatic carbocycles. The normalized spacial score (nSPS) is 16.7. The number of nitrogens with zero attached hydrogens (tertiary/aromatic N) is 1. The summed E-state index contributed by atoms with van der Waals surface area (Å²) >= 11 is 0. The van der Waals surface area contributed by atoms with Gasteiger partial charge in [-0.15, -0.1) is 0 Å². The van der Waals surface area contributed by atoms with E-state index in [-0.39, 0.29) is 12.5 Å². The van der Waals surface area contributed by atoms with Crippen LogP contribution in [0.3, 0.4) is 0 Å². The maximum Gasteiger partial charge on any atom is 0.254 e. The molecule has 0 saturated heterocycles. The molecule has 0 radical (unpaired) electrons. The summed E-state index contributed by atoms with van der Waals surface area (Å²) in [6.07, 6.45) is 0. The summed E-state index contributed by atoms with van der Waals surface area (Å²) in [6.45, 7) is 5.85. The van der Waals surface area contributed by atoms with Crippen LogP contribution in [0.15, 0.2) is 54.6 Å². The molecule has 1 N–H and O–H groups in total. The van der Waals surface area contributed by atoms with E-state index < -0.39 is 17.7 Å². The van der Waals surface area contributed by atoms with Crippen LogP contribution in [-0.4, -0.2) is 12.5 Å². The van der Waals surface area contributed by atoms with Crippen LogP contribution in [0, 0.1) is 11.6 Å². The van der Waals surface area contributed by atoms with Gasteiger partial charge in [0.25, 0.3) is 5.91 Å². The van der Waals surface area contributed by atoms with Gasteiger partial charge in [-0.25, -0.2) is 8.78 Å². The second-order valence-corrected chi connectivity index (χ2v) is 5.65. The monoisotopic (exact) mass is 314 g/mol. The fraction of sp³-hybridized carbons (Fsp3) is 0.167. The van der Waals surface area contributed by atoms with E-state index in [0.29, 0.717) is 11.4 Å². The van der Waals surface area contributed by atoms with Crippen molar-refractivity contribution in [2.45, 2.75) is 13.0 Å². The Morgan fingerprint density at radius 2 is 1.87 bits per heavy atom. The highest BCUT2D eigenvalue weighted by Crippen LogP contribution is 2.38. The zero-order valence-corrected chi connectivity index (χ0v) is 12.6. The highest BCUT2D eigenvalue weighted by atomic mass is 19.2. The van der Waals surface area contributed by atoms with Gasteiger partial charge in [0.15, 0.2) is 11.6 Å². The number of carbonyl (C=O) groups excluding carboxylic acids is 1. The summed E-state index contributed by atoms with van der Waals surface area (Å²) < 4.78 is 27.2. The van der Waals surface area contributed by atoms with Gasteiger partial charge in [-0.2, -0.15) is 0 Å². The van der Waals surface area contributed by atoms with Crippen molar-refractivity contribution in [2.75, 3.05) is 16.8 Å². The summed E-state index contributed by atoms with van der Waals surface area (Å²) in [5, 5.41) is 3.01. The van der Waals surface area contributed by atoms with Crippen molar-refractivity contribution in [3.63, 3.8) is 0 Å². The van der Waals surface area contributed by atoms with Crippen LogP contribution < -0.4 is 10.2 Å². The van der Waals surface area contributed by atoms with Crippen LogP contribution in [0.1, 0.15) is 18.5 Å². The van der Waals surface area contributed by atoms with Crippen molar-refractivity contribution < 1.29 is 13.6 Å². The number of benzene rings is 2. The molecule has 5 heteroatoms. The minimum absolute atomic E-state index is 0.224. The smallest absolute Gasteiger partial charge is 0.254 e. The number of carbonyl (C=O) groups is 1. The quantitative estimate of drug-likeness (QED) is 0.867. The largest absolute Gasteiger partial charge is 0.368 e. The van der Waals surface area contributed by atoms with Crippen molar-refractivity contribution in [1.29, 1.82) is 0 Å². The Balaban J connectivity index is 2.10. The number of anilines is 2. The predicted molar refractivity (Wildman–Crippen MR) is 86.3 cm³/mol. The number of hydrogen-bond acceptors (Lipinski definition) is 2. The molecular weight excluding hydrogens is 298 g/mol. The van der Waals surface area contributed by atoms with Crippen molar-refractivity contribution in [3.8, 4) is 0 Å². The minimum atomic E-state index is -0.983. The Morgan fingerprint density at radius 3 is 2.52 bits per heavy atom. The molecular formula is C18H16F2N2O. The molecule has 1 heterocycles. The predicted octanol–water partition coefficient (Wildman–Crippen LogP) is 4.04. The van der Waals surface area contributed by atoms with E-state index in [0.717, 1.165) is 23.3 Å². The lowest BCUT2D eigenvalue weighted by molar-refractivity contribution is -0.119. The maximum atomic E-state index is 13.6. The van der Waals surface area contributed by atoms with Gasteiger partial charge in [0.05, 0.1) is 11.4 Å². The average Bonchev–Trinajstić information content (AvgIpc) is 2.52. The van der Waals surface area contributed by atoms with Crippen molar-refractivity contribution in [1.82, 2.24) is 0 Å². The Bertz CT molecular complexity index is 774. The third-order valence-electron chi connectivity index (χ3n) is 3.70. The van der Waals surface area contributed by atoms with Crippen LogP contribution in [0.5, 0.6) is 0 Å². The molecule has 3 nitrogen and oxygen atoms in total. The molecule has 1 aliphatic heterocycles. The van der Waals surface area contributed by atoms with Gasteiger partial charge in [0, 0.05) is 18.7 Å². The molecule has 1 aliphatic rings. The van der Waals surface area contributed by atoms with E-state index in [2.05, 4.69) is 11.9 Å². The molecule has 0 bridgehead atoms. The second-order valence-electron chi connectivity index (χ2n) is 5.65. The molecule has 1 amide bonds. The molecule has 0 spiro atoms. The number of hydrogen-bond donors (Lipinski definition) is 1. The standard InChI is InChI=1S/C18H16F2N2O/c1-11(2)10-22-16-9-14(20)13(19)8-15(16)21-17(18(22)23)12-6-4-3-5-7-12/h3-9,17,21H,1,10H2,2H3. The van der Waals surface area contributed by atoms with E-state index in [1.165, 1.54) is 4.90 Å². The SMILES string of the molecule is C=C(C)CN1C(=O)C(c2ccccc2)Nc2cc(F)c(F)cc21. The van der Waals surface area contributed by atoms with Crippen LogP contribution in [-0.2, 0) is 4.79 Å². The van der Waals surface area contributed by atoms with Gasteiger partial charge in [0.2, 0.25) is 0 Å². The molecule has 2 aromatic rings. The number of amides is 1. The molecule has 0 saturated carbocycles. The fourth-order valence-electron chi connectivity index (χ4n) is 2.67. The summed E-state index contributed by atoms with van der Waals surface area (Å²) in [6, 6.07) is 10.6. The highest BCUT2D eigenvalue weighted by Gasteiger charge is 2.34. The lowest BCUT2D eigenvalue weighted by Crippen LogP contribution is -2.43. The van der Waals surface area contributed by atoms with Crippen molar-refractivity contribution in [2.24, 2.45) is 0 Å². The van der Waals surface area contributed by atoms with Crippen LogP contribution in [0.2, 0.25) is 0 Å². The van der Waals surface area contributed by atoms with Gasteiger partial charge in [0.1, 0.15) is 6.04 Å². The first-order valence-electron chi connectivity index (χ1n) is 7.23. The Morgan fingerprint density at radius 1 is 1.22 bits per heavy atom. The van der Waals surface area contributed by atoms with Gasteiger partial charge >= 0.3 is 0 Å². The van der Waals surface area contributed by atoms with Gasteiger partial charge < -0.3 is 10.2 Å². The lowest BCUT2D eigenvalue weighted by Gasteiger charge is -2.35. The first kappa shape index (κ1) is 15.2. The summed E-state index contributed by atoms with van der Waals surface area (Å²) in [5.41, 5.74) is 2.23. The minimum Gasteiger partial charge on any atom is -0.368 e. The molecule has 0 aliphatic carbocycles. The van der Waals surface area contributed by atoms with Crippen LogP contribution >= 0.6 is 0 Å². The van der Waals surface area contributed by atoms with Gasteiger partial charge in [-0.05, 0) is 12.5 Å². The maximum absolute atomic E-state index is 13.6. The van der Waals surface area contributed by atoms with E-state index >= 15 is 0 Å². The molecule has 3 rings (SSSR count). The number of nitrogens with one attached hydrogen (secondary N) is 1. The first-order chi connectivity index (χ1) is 11.0. The average molecular weight is 314 g/mol. The van der Waals surface area contributed by atoms with E-state index in [4.69, 9.17) is 0 Å². The number of halogens is 2. The van der Waals surface area contributed by atoms with E-state index in [1.807, 2.05) is 30.3 Å². The van der Waals surface area contributed by atoms with Crippen LogP contribution in [0.25, 0.3) is 0 Å². The van der Waals surface area contributed by atoms with Crippen LogP contribution in [0.4, 0.5) is 20.2 Å². The zero-order valence-electron chi connectivity index (χ0n) is 12.6. The molecule has 1 unspecified atom stereocenters. The number of rotatable bonds is 3.